The van der Waals surface area contributed by atoms with E-state index in [1.807, 2.05) is 24.5 Å². The van der Waals surface area contributed by atoms with E-state index in [1.54, 1.807) is 11.8 Å². The van der Waals surface area contributed by atoms with Crippen molar-refractivity contribution in [2.75, 3.05) is 11.7 Å². The van der Waals surface area contributed by atoms with Gasteiger partial charge in [0.15, 0.2) is 0 Å². The molecule has 0 amide bonds. The van der Waals surface area contributed by atoms with Crippen LogP contribution < -0.4 is 11.3 Å². The quantitative estimate of drug-likeness (QED) is 0.436. The summed E-state index contributed by atoms with van der Waals surface area (Å²) in [5.41, 5.74) is 4.47. The predicted molar refractivity (Wildman–Crippen MR) is 55.4 cm³/mol. The Balaban J connectivity index is 3.00. The number of nitrogens with two attached hydrogens (primary N) is 1. The monoisotopic (exact) mass is 193 g/mol. The Morgan fingerprint density at radius 2 is 2.38 bits per heavy atom. The lowest BCUT2D eigenvalue weighted by molar-refractivity contribution is 1.22. The minimum absolute atomic E-state index is 0.420. The van der Waals surface area contributed by atoms with E-state index >= 15 is 0 Å². The summed E-state index contributed by atoms with van der Waals surface area (Å²) >= 11 is 1.62. The minimum atomic E-state index is 0.420. The molecule has 0 aliphatic heterocycles. The Morgan fingerprint density at radius 3 is 2.92 bits per heavy atom. The molecule has 68 valence electrons. The number of nitriles is 1. The number of hydrogen-bond donors (Lipinski definition) is 2. The summed E-state index contributed by atoms with van der Waals surface area (Å²) in [6.45, 7) is 0. The first-order chi connectivity index (χ1) is 6.31. The minimum Gasteiger partial charge on any atom is -0.323 e. The highest BCUT2D eigenvalue weighted by Crippen LogP contribution is 2.25. The number of nitrogen functional groups attached to an aromatic ring is 1. The van der Waals surface area contributed by atoms with E-state index in [4.69, 9.17) is 11.1 Å². The van der Waals surface area contributed by atoms with Gasteiger partial charge < -0.3 is 5.43 Å². The van der Waals surface area contributed by atoms with Crippen molar-refractivity contribution in [3.8, 4) is 6.07 Å². The van der Waals surface area contributed by atoms with Gasteiger partial charge in [-0.25, -0.2) is 0 Å². The molecule has 0 aliphatic rings. The normalized spacial score (nSPS) is 9.31. The van der Waals surface area contributed by atoms with Gasteiger partial charge in [-0.1, -0.05) is 6.07 Å². The Hall–Kier alpha value is -1.18. The van der Waals surface area contributed by atoms with Crippen molar-refractivity contribution in [3.05, 3.63) is 23.8 Å². The summed E-state index contributed by atoms with van der Waals surface area (Å²) in [6, 6.07) is 7.90. The molecule has 0 fully saturated rings. The van der Waals surface area contributed by atoms with Gasteiger partial charge in [0.1, 0.15) is 0 Å². The molecule has 0 saturated heterocycles. The highest BCUT2D eigenvalue weighted by molar-refractivity contribution is 7.98. The average Bonchev–Trinajstić information content (AvgIpc) is 2.18. The van der Waals surface area contributed by atoms with Gasteiger partial charge in [-0.15, -0.1) is 11.8 Å². The van der Waals surface area contributed by atoms with Gasteiger partial charge in [-0.2, -0.15) is 5.26 Å². The third kappa shape index (κ3) is 2.38. The summed E-state index contributed by atoms with van der Waals surface area (Å²) < 4.78 is 0. The molecule has 4 heteroatoms. The maximum atomic E-state index is 8.50. The van der Waals surface area contributed by atoms with Crippen molar-refractivity contribution >= 4 is 17.4 Å². The number of nitrogens with zero attached hydrogens (tertiary/aromatic N) is 1. The number of anilines is 1. The third-order valence-corrected chi connectivity index (χ3v) is 2.50. The third-order valence-electron chi connectivity index (χ3n) is 1.70. The maximum Gasteiger partial charge on any atom is 0.0669 e. The van der Waals surface area contributed by atoms with Crippen LogP contribution in [0.4, 0.5) is 5.69 Å². The van der Waals surface area contributed by atoms with Crippen molar-refractivity contribution in [1.29, 1.82) is 5.26 Å². The van der Waals surface area contributed by atoms with Crippen LogP contribution in [-0.2, 0) is 6.42 Å². The molecule has 0 heterocycles. The lowest BCUT2D eigenvalue weighted by Gasteiger charge is -2.07. The zero-order valence-corrected chi connectivity index (χ0v) is 8.19. The second-order valence-electron chi connectivity index (χ2n) is 2.51. The second kappa shape index (κ2) is 4.75. The molecule has 3 nitrogen and oxygen atoms in total. The zero-order valence-electron chi connectivity index (χ0n) is 7.37. The first kappa shape index (κ1) is 9.90. The molecule has 3 N–H and O–H groups in total. The van der Waals surface area contributed by atoms with Gasteiger partial charge in [-0.3, -0.25) is 5.84 Å². The Bertz CT molecular complexity index is 330. The number of benzene rings is 1. The van der Waals surface area contributed by atoms with Gasteiger partial charge in [0.25, 0.3) is 0 Å². The number of hydrazine groups is 1. The largest absolute Gasteiger partial charge is 0.323 e. The second-order valence-corrected chi connectivity index (χ2v) is 3.36. The van der Waals surface area contributed by atoms with E-state index in [0.717, 1.165) is 16.1 Å². The van der Waals surface area contributed by atoms with Crippen LogP contribution in [0.3, 0.4) is 0 Å². The molecule has 0 aliphatic carbocycles. The SMILES string of the molecule is CSc1ccc(CC#N)cc1NN. The van der Waals surface area contributed by atoms with Crippen molar-refractivity contribution in [2.45, 2.75) is 11.3 Å². The molecule has 0 aromatic heterocycles. The fraction of sp³-hybridized carbons (Fsp3) is 0.222. The average molecular weight is 193 g/mol. The molecule has 0 radical (unpaired) electrons. The maximum absolute atomic E-state index is 8.50. The van der Waals surface area contributed by atoms with Crippen molar-refractivity contribution in [2.24, 2.45) is 5.84 Å². The smallest absolute Gasteiger partial charge is 0.0669 e. The van der Waals surface area contributed by atoms with Crippen LogP contribution in [0.2, 0.25) is 0 Å². The molecular weight excluding hydrogens is 182 g/mol. The summed E-state index contributed by atoms with van der Waals surface area (Å²) in [5.74, 6) is 5.35. The fourth-order valence-corrected chi connectivity index (χ4v) is 1.61. The molecule has 13 heavy (non-hydrogen) atoms. The van der Waals surface area contributed by atoms with Gasteiger partial charge in [0.05, 0.1) is 18.2 Å². The van der Waals surface area contributed by atoms with Crippen LogP contribution in [0.15, 0.2) is 23.1 Å². The van der Waals surface area contributed by atoms with Crippen LogP contribution in [-0.4, -0.2) is 6.26 Å². The van der Waals surface area contributed by atoms with Crippen LogP contribution in [0.5, 0.6) is 0 Å². The number of nitrogens with one attached hydrogen (secondary N) is 1. The summed E-state index contributed by atoms with van der Waals surface area (Å²) in [5, 5.41) is 8.50. The summed E-state index contributed by atoms with van der Waals surface area (Å²) in [4.78, 5) is 1.09. The molecule has 0 unspecified atom stereocenters. The van der Waals surface area contributed by atoms with E-state index in [1.165, 1.54) is 0 Å². The first-order valence-electron chi connectivity index (χ1n) is 3.82. The number of thioether (sulfide) groups is 1. The predicted octanol–water partition coefficient (Wildman–Crippen LogP) is 1.76. The highest BCUT2D eigenvalue weighted by Gasteiger charge is 2.00. The van der Waals surface area contributed by atoms with E-state index in [2.05, 4.69) is 11.5 Å². The summed E-state index contributed by atoms with van der Waals surface area (Å²) in [6.07, 6.45) is 2.41. The van der Waals surface area contributed by atoms with Gasteiger partial charge in [-0.05, 0) is 24.0 Å². The van der Waals surface area contributed by atoms with E-state index < -0.39 is 0 Å². The van der Waals surface area contributed by atoms with Crippen molar-refractivity contribution < 1.29 is 0 Å². The van der Waals surface area contributed by atoms with E-state index in [0.29, 0.717) is 6.42 Å². The van der Waals surface area contributed by atoms with E-state index in [-0.39, 0.29) is 0 Å². The lowest BCUT2D eigenvalue weighted by atomic mass is 10.1. The standard InChI is InChI=1S/C9H11N3S/c1-13-9-3-2-7(4-5-10)6-8(9)12-11/h2-3,6,12H,4,11H2,1H3. The zero-order chi connectivity index (χ0) is 9.68. The molecule has 0 bridgehead atoms. The number of rotatable bonds is 3. The van der Waals surface area contributed by atoms with Crippen molar-refractivity contribution in [1.82, 2.24) is 0 Å². The molecule has 0 saturated carbocycles. The molecule has 0 atom stereocenters. The molecule has 1 rings (SSSR count). The molecule has 1 aromatic rings. The van der Waals surface area contributed by atoms with E-state index in [9.17, 15) is 0 Å². The topological polar surface area (TPSA) is 61.8 Å². The molecule has 1 aromatic carbocycles. The van der Waals surface area contributed by atoms with Crippen LogP contribution in [0.25, 0.3) is 0 Å². The van der Waals surface area contributed by atoms with Gasteiger partial charge in [0, 0.05) is 4.90 Å². The van der Waals surface area contributed by atoms with Crippen LogP contribution >= 0.6 is 11.8 Å². The van der Waals surface area contributed by atoms with Crippen molar-refractivity contribution in [3.63, 3.8) is 0 Å². The van der Waals surface area contributed by atoms with Crippen LogP contribution in [0.1, 0.15) is 5.56 Å². The Labute approximate surface area is 81.9 Å². The van der Waals surface area contributed by atoms with Crippen LogP contribution in [0, 0.1) is 11.3 Å². The highest BCUT2D eigenvalue weighted by atomic mass is 32.2. The van der Waals surface area contributed by atoms with Gasteiger partial charge >= 0.3 is 0 Å². The Morgan fingerprint density at radius 1 is 1.62 bits per heavy atom. The Kier molecular flexibility index (Phi) is 3.62. The molecule has 0 spiro atoms. The number of hydrogen-bond acceptors (Lipinski definition) is 4. The molecular formula is C9H11N3S. The fourth-order valence-electron chi connectivity index (χ4n) is 1.07. The summed E-state index contributed by atoms with van der Waals surface area (Å²) in [7, 11) is 0. The first-order valence-corrected chi connectivity index (χ1v) is 5.04. The lowest BCUT2D eigenvalue weighted by Crippen LogP contribution is -2.08. The van der Waals surface area contributed by atoms with Gasteiger partial charge in [0.2, 0.25) is 0 Å².